The van der Waals surface area contributed by atoms with Crippen molar-refractivity contribution in [1.82, 2.24) is 14.9 Å². The van der Waals surface area contributed by atoms with Crippen LogP contribution in [-0.4, -0.2) is 22.1 Å². The Morgan fingerprint density at radius 3 is 2.96 bits per heavy atom. The van der Waals surface area contributed by atoms with E-state index in [9.17, 15) is 9.59 Å². The SMILES string of the molecule is Cn1c(=S)[nH]c2cc(C(=O)NC3CCOc4ccccc43)ccc2c1=O. The van der Waals surface area contributed by atoms with E-state index in [1.165, 1.54) is 4.57 Å². The molecule has 6 nitrogen and oxygen atoms in total. The minimum Gasteiger partial charge on any atom is -0.493 e. The van der Waals surface area contributed by atoms with Gasteiger partial charge in [-0.2, -0.15) is 0 Å². The van der Waals surface area contributed by atoms with E-state index in [-0.39, 0.29) is 17.5 Å². The molecule has 0 radical (unpaired) electrons. The van der Waals surface area contributed by atoms with Crippen molar-refractivity contribution in [2.24, 2.45) is 7.05 Å². The quantitative estimate of drug-likeness (QED) is 0.683. The number of para-hydroxylation sites is 1. The highest BCUT2D eigenvalue weighted by molar-refractivity contribution is 7.71. The molecule has 1 aliphatic rings. The molecule has 4 rings (SSSR count). The summed E-state index contributed by atoms with van der Waals surface area (Å²) in [4.78, 5) is 28.0. The first kappa shape index (κ1) is 16.5. The lowest BCUT2D eigenvalue weighted by molar-refractivity contribution is 0.0925. The number of fused-ring (bicyclic) bond motifs is 2. The van der Waals surface area contributed by atoms with E-state index in [1.54, 1.807) is 25.2 Å². The Morgan fingerprint density at radius 1 is 1.31 bits per heavy atom. The lowest BCUT2D eigenvalue weighted by atomic mass is 10.00. The van der Waals surface area contributed by atoms with Crippen molar-refractivity contribution in [2.75, 3.05) is 6.61 Å². The molecule has 1 aliphatic heterocycles. The largest absolute Gasteiger partial charge is 0.493 e. The molecule has 2 aromatic carbocycles. The summed E-state index contributed by atoms with van der Waals surface area (Å²) < 4.78 is 7.32. The molecule has 1 aromatic heterocycles. The van der Waals surface area contributed by atoms with Crippen LogP contribution in [0.25, 0.3) is 10.9 Å². The average Bonchev–Trinajstić information content (AvgIpc) is 2.66. The zero-order chi connectivity index (χ0) is 18.3. The molecule has 0 spiro atoms. The molecule has 0 saturated carbocycles. The van der Waals surface area contributed by atoms with Gasteiger partial charge in [-0.15, -0.1) is 0 Å². The third-order valence-corrected chi connectivity index (χ3v) is 5.00. The Morgan fingerprint density at radius 2 is 2.12 bits per heavy atom. The number of rotatable bonds is 2. The number of ether oxygens (including phenoxy) is 1. The summed E-state index contributed by atoms with van der Waals surface area (Å²) in [5, 5.41) is 3.55. The summed E-state index contributed by atoms with van der Waals surface area (Å²) in [6.07, 6.45) is 0.708. The molecule has 1 atom stereocenters. The van der Waals surface area contributed by atoms with Crippen LogP contribution in [0.5, 0.6) is 5.75 Å². The average molecular weight is 367 g/mol. The highest BCUT2D eigenvalue weighted by Gasteiger charge is 2.23. The smallest absolute Gasteiger partial charge is 0.261 e. The van der Waals surface area contributed by atoms with Gasteiger partial charge < -0.3 is 15.0 Å². The van der Waals surface area contributed by atoms with E-state index < -0.39 is 0 Å². The number of amides is 1. The van der Waals surface area contributed by atoms with Crippen molar-refractivity contribution in [3.05, 3.63) is 68.7 Å². The van der Waals surface area contributed by atoms with Crippen molar-refractivity contribution >= 4 is 29.0 Å². The third kappa shape index (κ3) is 2.80. The van der Waals surface area contributed by atoms with Gasteiger partial charge in [-0.3, -0.25) is 14.2 Å². The van der Waals surface area contributed by atoms with Crippen LogP contribution in [-0.2, 0) is 7.05 Å². The van der Waals surface area contributed by atoms with Crippen LogP contribution in [0.2, 0.25) is 0 Å². The summed E-state index contributed by atoms with van der Waals surface area (Å²) in [5.41, 5.74) is 1.81. The number of carbonyl (C=O) groups excluding carboxylic acids is 1. The van der Waals surface area contributed by atoms with E-state index in [4.69, 9.17) is 17.0 Å². The van der Waals surface area contributed by atoms with Gasteiger partial charge in [0.1, 0.15) is 5.75 Å². The number of benzene rings is 2. The van der Waals surface area contributed by atoms with Gasteiger partial charge in [-0.05, 0) is 36.5 Å². The van der Waals surface area contributed by atoms with Gasteiger partial charge in [0.05, 0.1) is 23.6 Å². The monoisotopic (exact) mass is 367 g/mol. The maximum Gasteiger partial charge on any atom is 0.261 e. The highest BCUT2D eigenvalue weighted by atomic mass is 32.1. The lowest BCUT2D eigenvalue weighted by Crippen LogP contribution is -2.32. The molecule has 0 saturated heterocycles. The maximum absolute atomic E-state index is 12.7. The van der Waals surface area contributed by atoms with Crippen molar-refractivity contribution in [3.63, 3.8) is 0 Å². The topological polar surface area (TPSA) is 76.1 Å². The highest BCUT2D eigenvalue weighted by Crippen LogP contribution is 2.31. The second-order valence-electron chi connectivity index (χ2n) is 6.26. The van der Waals surface area contributed by atoms with E-state index in [0.717, 1.165) is 11.3 Å². The number of hydrogen-bond acceptors (Lipinski definition) is 4. The number of carbonyl (C=O) groups is 1. The van der Waals surface area contributed by atoms with E-state index in [2.05, 4.69) is 10.3 Å². The van der Waals surface area contributed by atoms with Gasteiger partial charge in [0.2, 0.25) is 0 Å². The number of nitrogens with one attached hydrogen (secondary N) is 2. The number of hydrogen-bond donors (Lipinski definition) is 2. The van der Waals surface area contributed by atoms with Crippen molar-refractivity contribution in [3.8, 4) is 5.75 Å². The van der Waals surface area contributed by atoms with Crippen molar-refractivity contribution in [1.29, 1.82) is 0 Å². The fourth-order valence-electron chi connectivity index (χ4n) is 3.18. The summed E-state index contributed by atoms with van der Waals surface area (Å²) in [6.45, 7) is 0.558. The molecule has 26 heavy (non-hydrogen) atoms. The van der Waals surface area contributed by atoms with Gasteiger partial charge >= 0.3 is 0 Å². The molecule has 3 aromatic rings. The van der Waals surface area contributed by atoms with Gasteiger partial charge in [-0.25, -0.2) is 0 Å². The standard InChI is InChI=1S/C19H17N3O3S/c1-22-18(24)13-7-6-11(10-15(13)21-19(22)26)17(23)20-14-8-9-25-16-5-3-2-4-12(14)16/h2-7,10,14H,8-9H2,1H3,(H,20,23)(H,21,26). The first-order valence-electron chi connectivity index (χ1n) is 8.30. The molecule has 0 bridgehead atoms. The zero-order valence-corrected chi connectivity index (χ0v) is 14.9. The zero-order valence-electron chi connectivity index (χ0n) is 14.1. The first-order valence-corrected chi connectivity index (χ1v) is 8.71. The van der Waals surface area contributed by atoms with Crippen molar-refractivity contribution < 1.29 is 9.53 Å². The van der Waals surface area contributed by atoms with Crippen LogP contribution in [0.15, 0.2) is 47.3 Å². The lowest BCUT2D eigenvalue weighted by Gasteiger charge is -2.26. The van der Waals surface area contributed by atoms with E-state index in [1.807, 2.05) is 24.3 Å². The summed E-state index contributed by atoms with van der Waals surface area (Å²) in [5.74, 6) is 0.601. The van der Waals surface area contributed by atoms with Gasteiger partial charge in [0.15, 0.2) is 4.77 Å². The molecule has 7 heteroatoms. The Bertz CT molecular complexity index is 1130. The molecule has 2 heterocycles. The van der Waals surface area contributed by atoms with E-state index >= 15 is 0 Å². The fraction of sp³-hybridized carbons (Fsp3) is 0.211. The normalized spacial score (nSPS) is 16.0. The molecule has 132 valence electrons. The second kappa shape index (κ2) is 6.42. The van der Waals surface area contributed by atoms with E-state index in [0.29, 0.717) is 34.3 Å². The molecule has 0 aliphatic carbocycles. The number of aromatic nitrogens is 2. The summed E-state index contributed by atoms with van der Waals surface area (Å²) in [7, 11) is 1.61. The molecular formula is C19H17N3O3S. The molecule has 0 fully saturated rings. The number of aromatic amines is 1. The number of nitrogens with zero attached hydrogens (tertiary/aromatic N) is 1. The predicted molar refractivity (Wildman–Crippen MR) is 101 cm³/mol. The minimum absolute atomic E-state index is 0.106. The van der Waals surface area contributed by atoms with Gasteiger partial charge in [0.25, 0.3) is 11.5 Å². The number of H-pyrrole nitrogens is 1. The third-order valence-electron chi connectivity index (χ3n) is 4.63. The van der Waals surface area contributed by atoms with Gasteiger partial charge in [-0.1, -0.05) is 18.2 Å². The molecule has 2 N–H and O–H groups in total. The summed E-state index contributed by atoms with van der Waals surface area (Å²) in [6, 6.07) is 12.6. The van der Waals surface area contributed by atoms with Crippen LogP contribution in [0.4, 0.5) is 0 Å². The minimum atomic E-state index is -0.200. The Hall–Kier alpha value is -2.93. The van der Waals surface area contributed by atoms with Gasteiger partial charge in [0, 0.05) is 24.6 Å². The molecular weight excluding hydrogens is 350 g/mol. The van der Waals surface area contributed by atoms with Crippen LogP contribution in [0.3, 0.4) is 0 Å². The Kier molecular flexibility index (Phi) is 4.08. The Labute approximate surface area is 154 Å². The molecule has 1 unspecified atom stereocenters. The van der Waals surface area contributed by atoms with Crippen LogP contribution in [0.1, 0.15) is 28.4 Å². The summed E-state index contributed by atoms with van der Waals surface area (Å²) >= 11 is 5.14. The second-order valence-corrected chi connectivity index (χ2v) is 6.64. The first-order chi connectivity index (χ1) is 12.5. The molecule has 1 amide bonds. The van der Waals surface area contributed by atoms with Crippen LogP contribution >= 0.6 is 12.2 Å². The fourth-order valence-corrected chi connectivity index (χ4v) is 3.37. The maximum atomic E-state index is 12.7. The van der Waals surface area contributed by atoms with Crippen molar-refractivity contribution in [2.45, 2.75) is 12.5 Å². The Balaban J connectivity index is 1.66. The van der Waals surface area contributed by atoms with Crippen LogP contribution in [0, 0.1) is 4.77 Å². The predicted octanol–water partition coefficient (Wildman–Crippen LogP) is 2.85. The van der Waals surface area contributed by atoms with Crippen LogP contribution < -0.4 is 15.6 Å².